The van der Waals surface area contributed by atoms with Gasteiger partial charge >= 0.3 is 0 Å². The number of anilines is 1. The second-order valence-corrected chi connectivity index (χ2v) is 6.05. The molecule has 0 bridgehead atoms. The average molecular weight is 333 g/mol. The lowest BCUT2D eigenvalue weighted by Crippen LogP contribution is -2.11. The fourth-order valence-corrected chi connectivity index (χ4v) is 3.13. The number of benzene rings is 1. The fraction of sp³-hybridized carbons (Fsp3) is 0.333. The predicted octanol–water partition coefficient (Wildman–Crippen LogP) is 3.85. The minimum Gasteiger partial charge on any atom is -0.308 e. The van der Waals surface area contributed by atoms with Crippen LogP contribution < -0.4 is 11.3 Å². The van der Waals surface area contributed by atoms with Crippen LogP contribution in [0.3, 0.4) is 0 Å². The summed E-state index contributed by atoms with van der Waals surface area (Å²) in [5, 5.41) is 0. The van der Waals surface area contributed by atoms with Gasteiger partial charge in [0.1, 0.15) is 5.82 Å². The smallest absolute Gasteiger partial charge is 0.161 e. The van der Waals surface area contributed by atoms with Crippen LogP contribution in [0.1, 0.15) is 37.3 Å². The van der Waals surface area contributed by atoms with Crippen molar-refractivity contribution in [2.24, 2.45) is 5.84 Å². The normalized spacial score (nSPS) is 15.5. The maximum atomic E-state index is 5.54. The average Bonchev–Trinajstić information content (AvgIpc) is 3.01. The maximum absolute atomic E-state index is 5.54. The summed E-state index contributed by atoms with van der Waals surface area (Å²) in [6.45, 7) is 0. The summed E-state index contributed by atoms with van der Waals surface area (Å²) < 4.78 is 1.02. The van der Waals surface area contributed by atoms with Crippen LogP contribution >= 0.6 is 15.9 Å². The highest BCUT2D eigenvalue weighted by Gasteiger charge is 2.20. The quantitative estimate of drug-likeness (QED) is 0.661. The third-order valence-corrected chi connectivity index (χ3v) is 4.24. The molecule has 3 N–H and O–H groups in total. The lowest BCUT2D eigenvalue weighted by Gasteiger charge is -2.12. The van der Waals surface area contributed by atoms with Gasteiger partial charge in [-0.05, 0) is 25.0 Å². The summed E-state index contributed by atoms with van der Waals surface area (Å²) in [5.74, 6) is 7.49. The molecule has 4 nitrogen and oxygen atoms in total. The summed E-state index contributed by atoms with van der Waals surface area (Å²) in [4.78, 5) is 9.21. The first-order valence-electron chi connectivity index (χ1n) is 6.88. The minimum atomic E-state index is 0.538. The Morgan fingerprint density at radius 2 is 1.95 bits per heavy atom. The number of halogens is 1. The molecule has 2 aromatic rings. The van der Waals surface area contributed by atoms with E-state index in [1.165, 1.54) is 25.7 Å². The van der Waals surface area contributed by atoms with E-state index in [-0.39, 0.29) is 0 Å². The van der Waals surface area contributed by atoms with E-state index in [4.69, 9.17) is 10.8 Å². The van der Waals surface area contributed by atoms with Gasteiger partial charge in [-0.3, -0.25) is 0 Å². The zero-order valence-corrected chi connectivity index (χ0v) is 12.7. The Balaban J connectivity index is 2.03. The molecule has 104 valence electrons. The van der Waals surface area contributed by atoms with Gasteiger partial charge in [-0.2, -0.15) is 0 Å². The number of hydrogen-bond acceptors (Lipinski definition) is 4. The number of nitrogens with two attached hydrogens (primary N) is 1. The van der Waals surface area contributed by atoms with Crippen molar-refractivity contribution in [3.63, 3.8) is 0 Å². The van der Waals surface area contributed by atoms with Crippen molar-refractivity contribution in [3.8, 4) is 11.4 Å². The van der Waals surface area contributed by atoms with E-state index < -0.39 is 0 Å². The first kappa shape index (κ1) is 13.5. The number of hydrazine groups is 1. The molecule has 0 saturated heterocycles. The van der Waals surface area contributed by atoms with E-state index in [0.717, 1.165) is 21.6 Å². The molecule has 1 aromatic carbocycles. The number of aromatic nitrogens is 2. The molecule has 5 heteroatoms. The van der Waals surface area contributed by atoms with Crippen LogP contribution in [0.4, 0.5) is 5.82 Å². The standard InChI is InChI=1S/C15H17BrN4/c16-12-7-3-6-11(8-12)15-18-13(9-14(19-15)20-17)10-4-1-2-5-10/h3,6-10H,1-2,4-5,17H2,(H,18,19,20). The lowest BCUT2D eigenvalue weighted by molar-refractivity contribution is 0.695. The first-order chi connectivity index (χ1) is 9.76. The van der Waals surface area contributed by atoms with E-state index in [9.17, 15) is 0 Å². The highest BCUT2D eigenvalue weighted by atomic mass is 79.9. The molecule has 1 aliphatic rings. The summed E-state index contributed by atoms with van der Waals surface area (Å²) in [5.41, 5.74) is 4.75. The summed E-state index contributed by atoms with van der Waals surface area (Å²) >= 11 is 3.48. The number of nitrogen functional groups attached to an aromatic ring is 1. The van der Waals surface area contributed by atoms with Gasteiger partial charge in [-0.25, -0.2) is 15.8 Å². The van der Waals surface area contributed by atoms with E-state index in [1.807, 2.05) is 30.3 Å². The van der Waals surface area contributed by atoms with Crippen molar-refractivity contribution in [2.45, 2.75) is 31.6 Å². The zero-order valence-electron chi connectivity index (χ0n) is 11.1. The Kier molecular flexibility index (Phi) is 3.98. The molecule has 1 fully saturated rings. The van der Waals surface area contributed by atoms with Crippen LogP contribution in [0.15, 0.2) is 34.8 Å². The third kappa shape index (κ3) is 2.83. The number of nitrogens with one attached hydrogen (secondary N) is 1. The van der Waals surface area contributed by atoms with Gasteiger partial charge in [0.25, 0.3) is 0 Å². The van der Waals surface area contributed by atoms with Gasteiger partial charge in [0, 0.05) is 27.7 Å². The molecule has 0 atom stereocenters. The van der Waals surface area contributed by atoms with Crippen LogP contribution in [0, 0.1) is 0 Å². The predicted molar refractivity (Wildman–Crippen MR) is 84.2 cm³/mol. The molecular formula is C15H17BrN4. The number of nitrogens with zero attached hydrogens (tertiary/aromatic N) is 2. The molecule has 1 aromatic heterocycles. The molecule has 0 radical (unpaired) electrons. The Labute approximate surface area is 126 Å². The lowest BCUT2D eigenvalue weighted by atomic mass is 10.0. The summed E-state index contributed by atoms with van der Waals surface area (Å²) in [6, 6.07) is 9.98. The van der Waals surface area contributed by atoms with Gasteiger partial charge in [0.2, 0.25) is 0 Å². The largest absolute Gasteiger partial charge is 0.308 e. The topological polar surface area (TPSA) is 63.8 Å². The van der Waals surface area contributed by atoms with E-state index >= 15 is 0 Å². The van der Waals surface area contributed by atoms with Crippen molar-refractivity contribution in [3.05, 3.63) is 40.5 Å². The molecule has 0 amide bonds. The van der Waals surface area contributed by atoms with Gasteiger partial charge in [-0.1, -0.05) is 40.9 Å². The summed E-state index contributed by atoms with van der Waals surface area (Å²) in [6.07, 6.45) is 4.98. The van der Waals surface area contributed by atoms with Crippen LogP contribution in [0.5, 0.6) is 0 Å². The van der Waals surface area contributed by atoms with Crippen molar-refractivity contribution >= 4 is 21.7 Å². The van der Waals surface area contributed by atoms with E-state index in [1.54, 1.807) is 0 Å². The van der Waals surface area contributed by atoms with Crippen molar-refractivity contribution in [1.29, 1.82) is 0 Å². The van der Waals surface area contributed by atoms with Crippen molar-refractivity contribution in [2.75, 3.05) is 5.43 Å². The van der Waals surface area contributed by atoms with Gasteiger partial charge in [0.05, 0.1) is 0 Å². The molecule has 0 unspecified atom stereocenters. The molecule has 0 aliphatic heterocycles. The maximum Gasteiger partial charge on any atom is 0.161 e. The Hall–Kier alpha value is -1.46. The first-order valence-corrected chi connectivity index (χ1v) is 7.67. The van der Waals surface area contributed by atoms with E-state index in [0.29, 0.717) is 11.7 Å². The fourth-order valence-electron chi connectivity index (χ4n) is 2.73. The van der Waals surface area contributed by atoms with Crippen LogP contribution in [-0.4, -0.2) is 9.97 Å². The molecule has 1 heterocycles. The molecular weight excluding hydrogens is 316 g/mol. The monoisotopic (exact) mass is 332 g/mol. The Morgan fingerprint density at radius 1 is 1.15 bits per heavy atom. The van der Waals surface area contributed by atoms with Crippen LogP contribution in [0.25, 0.3) is 11.4 Å². The molecule has 1 saturated carbocycles. The van der Waals surface area contributed by atoms with Crippen molar-refractivity contribution < 1.29 is 0 Å². The third-order valence-electron chi connectivity index (χ3n) is 3.75. The summed E-state index contributed by atoms with van der Waals surface area (Å²) in [7, 11) is 0. The van der Waals surface area contributed by atoms with Gasteiger partial charge in [-0.15, -0.1) is 0 Å². The molecule has 20 heavy (non-hydrogen) atoms. The van der Waals surface area contributed by atoms with E-state index in [2.05, 4.69) is 26.3 Å². The zero-order chi connectivity index (χ0) is 13.9. The minimum absolute atomic E-state index is 0.538. The number of hydrogen-bond donors (Lipinski definition) is 2. The molecule has 0 spiro atoms. The van der Waals surface area contributed by atoms with Crippen LogP contribution in [-0.2, 0) is 0 Å². The second-order valence-electron chi connectivity index (χ2n) is 5.14. The molecule has 1 aliphatic carbocycles. The molecule has 3 rings (SSSR count). The highest BCUT2D eigenvalue weighted by molar-refractivity contribution is 9.10. The van der Waals surface area contributed by atoms with Gasteiger partial charge < -0.3 is 5.43 Å². The van der Waals surface area contributed by atoms with Crippen LogP contribution in [0.2, 0.25) is 0 Å². The Morgan fingerprint density at radius 3 is 2.65 bits per heavy atom. The van der Waals surface area contributed by atoms with Crippen molar-refractivity contribution in [1.82, 2.24) is 9.97 Å². The highest BCUT2D eigenvalue weighted by Crippen LogP contribution is 2.34. The van der Waals surface area contributed by atoms with Gasteiger partial charge in [0.15, 0.2) is 5.82 Å². The SMILES string of the molecule is NNc1cc(C2CCCC2)nc(-c2cccc(Br)c2)n1. The Bertz CT molecular complexity index is 609. The second kappa shape index (κ2) is 5.89. The number of rotatable bonds is 3.